The molecule has 0 spiro atoms. The Labute approximate surface area is 108 Å². The standard InChI is InChI=1S/C13H10N2O4/c1-9-2-7-13(12(8-16)14-9)19-11-5-3-10(4-6-11)15(17)18/h2-8H,1H3. The second-order valence-electron chi connectivity index (χ2n) is 3.81. The molecule has 96 valence electrons. The van der Waals surface area contributed by atoms with Crippen LogP contribution in [0.2, 0.25) is 0 Å². The predicted molar refractivity (Wildman–Crippen MR) is 67.5 cm³/mol. The van der Waals surface area contributed by atoms with Gasteiger partial charge in [0.2, 0.25) is 0 Å². The van der Waals surface area contributed by atoms with Gasteiger partial charge in [-0.3, -0.25) is 14.9 Å². The maximum atomic E-state index is 10.9. The Balaban J connectivity index is 2.26. The van der Waals surface area contributed by atoms with Gasteiger partial charge in [0, 0.05) is 17.8 Å². The van der Waals surface area contributed by atoms with E-state index in [1.165, 1.54) is 24.3 Å². The number of carbonyl (C=O) groups is 1. The zero-order chi connectivity index (χ0) is 13.8. The molecule has 1 heterocycles. The van der Waals surface area contributed by atoms with Crippen molar-refractivity contribution in [2.45, 2.75) is 6.92 Å². The lowest BCUT2D eigenvalue weighted by Crippen LogP contribution is -1.95. The molecule has 2 rings (SSSR count). The Hall–Kier alpha value is -2.76. The molecule has 0 N–H and O–H groups in total. The highest BCUT2D eigenvalue weighted by molar-refractivity contribution is 5.76. The number of nitrogens with zero attached hydrogens (tertiary/aromatic N) is 2. The number of pyridine rings is 1. The smallest absolute Gasteiger partial charge is 0.269 e. The molecule has 6 heteroatoms. The van der Waals surface area contributed by atoms with Gasteiger partial charge in [0.05, 0.1) is 4.92 Å². The average Bonchev–Trinajstić information content (AvgIpc) is 2.41. The maximum absolute atomic E-state index is 10.9. The molecule has 6 nitrogen and oxygen atoms in total. The molecule has 0 aliphatic rings. The summed E-state index contributed by atoms with van der Waals surface area (Å²) in [6, 6.07) is 8.94. The van der Waals surface area contributed by atoms with Crippen LogP contribution in [0.3, 0.4) is 0 Å². The molecule has 0 bridgehead atoms. The number of aldehydes is 1. The molecule has 0 saturated carbocycles. The van der Waals surface area contributed by atoms with Crippen molar-refractivity contribution in [2.24, 2.45) is 0 Å². The molecule has 1 aromatic carbocycles. The van der Waals surface area contributed by atoms with E-state index in [-0.39, 0.29) is 11.4 Å². The highest BCUT2D eigenvalue weighted by Gasteiger charge is 2.08. The molecular formula is C13H10N2O4. The Kier molecular flexibility index (Phi) is 3.51. The van der Waals surface area contributed by atoms with Crippen molar-refractivity contribution in [3.8, 4) is 11.5 Å². The van der Waals surface area contributed by atoms with Gasteiger partial charge in [0.25, 0.3) is 5.69 Å². The Morgan fingerprint density at radius 2 is 1.89 bits per heavy atom. The molecule has 1 aromatic heterocycles. The number of carbonyl (C=O) groups excluding carboxylic acids is 1. The monoisotopic (exact) mass is 258 g/mol. The van der Waals surface area contributed by atoms with E-state index < -0.39 is 4.92 Å². The van der Waals surface area contributed by atoms with E-state index in [1.807, 2.05) is 0 Å². The van der Waals surface area contributed by atoms with Crippen molar-refractivity contribution in [3.63, 3.8) is 0 Å². The van der Waals surface area contributed by atoms with E-state index in [4.69, 9.17) is 4.74 Å². The summed E-state index contributed by atoms with van der Waals surface area (Å²) in [6.45, 7) is 1.77. The third kappa shape index (κ3) is 2.92. The number of nitro benzene ring substituents is 1. The molecule has 0 aliphatic carbocycles. The Morgan fingerprint density at radius 1 is 1.21 bits per heavy atom. The van der Waals surface area contributed by atoms with Crippen LogP contribution in [-0.2, 0) is 0 Å². The molecule has 0 amide bonds. The molecule has 0 saturated heterocycles. The van der Waals surface area contributed by atoms with Crippen molar-refractivity contribution in [2.75, 3.05) is 0 Å². The van der Waals surface area contributed by atoms with Crippen LogP contribution in [0, 0.1) is 17.0 Å². The van der Waals surface area contributed by atoms with E-state index in [0.29, 0.717) is 23.5 Å². The largest absolute Gasteiger partial charge is 0.455 e. The van der Waals surface area contributed by atoms with Gasteiger partial charge in [-0.1, -0.05) is 0 Å². The molecule has 19 heavy (non-hydrogen) atoms. The third-order valence-electron chi connectivity index (χ3n) is 2.41. The summed E-state index contributed by atoms with van der Waals surface area (Å²) in [7, 11) is 0. The molecule has 0 unspecified atom stereocenters. The van der Waals surface area contributed by atoms with Crippen LogP contribution in [0.15, 0.2) is 36.4 Å². The second kappa shape index (κ2) is 5.26. The SMILES string of the molecule is Cc1ccc(Oc2ccc([N+](=O)[O-])cc2)c(C=O)n1. The van der Waals surface area contributed by atoms with E-state index >= 15 is 0 Å². The minimum Gasteiger partial charge on any atom is -0.455 e. The summed E-state index contributed by atoms with van der Waals surface area (Å²) in [4.78, 5) is 24.9. The number of hydrogen-bond donors (Lipinski definition) is 0. The first kappa shape index (κ1) is 12.7. The number of ether oxygens (including phenoxy) is 1. The first-order chi connectivity index (χ1) is 9.10. The minimum absolute atomic E-state index is 0.0232. The molecular weight excluding hydrogens is 248 g/mol. The number of aromatic nitrogens is 1. The van der Waals surface area contributed by atoms with Gasteiger partial charge < -0.3 is 4.74 Å². The van der Waals surface area contributed by atoms with Crippen molar-refractivity contribution < 1.29 is 14.5 Å². The van der Waals surface area contributed by atoms with E-state index in [0.717, 1.165) is 0 Å². The molecule has 0 aliphatic heterocycles. The fourth-order valence-corrected chi connectivity index (χ4v) is 1.50. The summed E-state index contributed by atoms with van der Waals surface area (Å²) >= 11 is 0. The topological polar surface area (TPSA) is 82.3 Å². The van der Waals surface area contributed by atoms with E-state index in [2.05, 4.69) is 4.98 Å². The predicted octanol–water partition coefficient (Wildman–Crippen LogP) is 2.90. The molecule has 0 radical (unpaired) electrons. The summed E-state index contributed by atoms with van der Waals surface area (Å²) in [5.74, 6) is 0.716. The lowest BCUT2D eigenvalue weighted by molar-refractivity contribution is -0.384. The van der Waals surface area contributed by atoms with Crippen LogP contribution >= 0.6 is 0 Å². The normalized spacial score (nSPS) is 9.95. The molecule has 0 fully saturated rings. The van der Waals surface area contributed by atoms with Gasteiger partial charge in [0.1, 0.15) is 11.4 Å². The number of rotatable bonds is 4. The van der Waals surface area contributed by atoms with Gasteiger partial charge in [-0.15, -0.1) is 0 Å². The second-order valence-corrected chi connectivity index (χ2v) is 3.81. The van der Waals surface area contributed by atoms with Crippen LogP contribution in [-0.4, -0.2) is 16.2 Å². The van der Waals surface area contributed by atoms with Gasteiger partial charge in [-0.2, -0.15) is 0 Å². The lowest BCUT2D eigenvalue weighted by atomic mass is 10.3. The summed E-state index contributed by atoms with van der Waals surface area (Å²) in [5, 5.41) is 10.5. The van der Waals surface area contributed by atoms with Crippen LogP contribution in [0.4, 0.5) is 5.69 Å². The number of aryl methyl sites for hydroxylation is 1. The van der Waals surface area contributed by atoms with Crippen LogP contribution in [0.25, 0.3) is 0 Å². The highest BCUT2D eigenvalue weighted by atomic mass is 16.6. The fourth-order valence-electron chi connectivity index (χ4n) is 1.50. The lowest BCUT2D eigenvalue weighted by Gasteiger charge is -2.07. The van der Waals surface area contributed by atoms with Crippen molar-refractivity contribution in [3.05, 3.63) is 57.9 Å². The van der Waals surface area contributed by atoms with Gasteiger partial charge in [0.15, 0.2) is 12.0 Å². The van der Waals surface area contributed by atoms with Crippen LogP contribution in [0.1, 0.15) is 16.2 Å². The summed E-state index contributed by atoms with van der Waals surface area (Å²) in [6.07, 6.45) is 0.605. The summed E-state index contributed by atoms with van der Waals surface area (Å²) in [5.41, 5.74) is 0.876. The summed E-state index contributed by atoms with van der Waals surface area (Å²) < 4.78 is 5.47. The van der Waals surface area contributed by atoms with E-state index in [1.54, 1.807) is 19.1 Å². The number of hydrogen-bond acceptors (Lipinski definition) is 5. The van der Waals surface area contributed by atoms with Crippen LogP contribution < -0.4 is 4.74 Å². The number of benzene rings is 1. The quantitative estimate of drug-likeness (QED) is 0.478. The zero-order valence-corrected chi connectivity index (χ0v) is 10.1. The van der Waals surface area contributed by atoms with Gasteiger partial charge >= 0.3 is 0 Å². The maximum Gasteiger partial charge on any atom is 0.269 e. The first-order valence-electron chi connectivity index (χ1n) is 5.45. The number of non-ortho nitro benzene ring substituents is 1. The van der Waals surface area contributed by atoms with Crippen molar-refractivity contribution in [1.82, 2.24) is 4.98 Å². The molecule has 0 atom stereocenters. The van der Waals surface area contributed by atoms with Gasteiger partial charge in [-0.25, -0.2) is 4.98 Å². The highest BCUT2D eigenvalue weighted by Crippen LogP contribution is 2.25. The van der Waals surface area contributed by atoms with Crippen molar-refractivity contribution >= 4 is 12.0 Å². The van der Waals surface area contributed by atoms with Crippen molar-refractivity contribution in [1.29, 1.82) is 0 Å². The third-order valence-corrected chi connectivity index (χ3v) is 2.41. The fraction of sp³-hybridized carbons (Fsp3) is 0.0769. The minimum atomic E-state index is -0.492. The molecule has 2 aromatic rings. The zero-order valence-electron chi connectivity index (χ0n) is 10.1. The average molecular weight is 258 g/mol. The Bertz CT molecular complexity index is 623. The first-order valence-corrected chi connectivity index (χ1v) is 5.45. The van der Waals surface area contributed by atoms with E-state index in [9.17, 15) is 14.9 Å². The van der Waals surface area contributed by atoms with Crippen LogP contribution in [0.5, 0.6) is 11.5 Å². The van der Waals surface area contributed by atoms with Gasteiger partial charge in [-0.05, 0) is 31.2 Å². The number of nitro groups is 1. The Morgan fingerprint density at radius 3 is 2.47 bits per heavy atom.